The normalized spacial score (nSPS) is 13.9. The van der Waals surface area contributed by atoms with Crippen LogP contribution in [-0.2, 0) is 4.74 Å². The van der Waals surface area contributed by atoms with E-state index in [1.165, 1.54) is 0 Å². The lowest BCUT2D eigenvalue weighted by Crippen LogP contribution is -2.23. The molecule has 36 heavy (non-hydrogen) atoms. The van der Waals surface area contributed by atoms with Gasteiger partial charge in [0.2, 0.25) is 0 Å². The van der Waals surface area contributed by atoms with Crippen molar-refractivity contribution in [1.82, 2.24) is 15.0 Å². The Morgan fingerprint density at radius 1 is 0.944 bits per heavy atom. The minimum absolute atomic E-state index is 0.0182. The van der Waals surface area contributed by atoms with E-state index >= 15 is 0 Å². The van der Waals surface area contributed by atoms with Crippen molar-refractivity contribution in [3.63, 3.8) is 0 Å². The molecule has 1 aliphatic rings. The first kappa shape index (κ1) is 22.4. The van der Waals surface area contributed by atoms with Crippen molar-refractivity contribution >= 4 is 39.5 Å². The number of aromatic nitrogens is 3. The lowest BCUT2D eigenvalue weighted by atomic mass is 9.96. The van der Waals surface area contributed by atoms with Crippen molar-refractivity contribution in [2.75, 3.05) is 0 Å². The number of carbonyl (C=O) groups excluding carboxylic acids is 1. The number of H-pyrrole nitrogens is 1. The van der Waals surface area contributed by atoms with Gasteiger partial charge in [0.1, 0.15) is 17.3 Å². The number of carbonyl (C=O) groups is 1. The number of nitrogens with zero attached hydrogens (tertiary/aromatic N) is 2. The predicted octanol–water partition coefficient (Wildman–Crippen LogP) is 6.56. The van der Waals surface area contributed by atoms with E-state index in [2.05, 4.69) is 9.97 Å². The summed E-state index contributed by atoms with van der Waals surface area (Å²) in [7, 11) is 0. The number of benzene rings is 2. The topological polar surface area (TPSA) is 84.9 Å². The molecular formula is C29H22ClN3O3. The Balaban J connectivity index is 1.54. The van der Waals surface area contributed by atoms with Crippen molar-refractivity contribution in [3.8, 4) is 22.4 Å². The van der Waals surface area contributed by atoms with Crippen LogP contribution < -0.4 is 5.56 Å². The van der Waals surface area contributed by atoms with Gasteiger partial charge in [-0.3, -0.25) is 9.78 Å². The molecule has 0 saturated heterocycles. The number of halogens is 1. The molecule has 178 valence electrons. The highest BCUT2D eigenvalue weighted by atomic mass is 35.5. The number of pyridine rings is 3. The van der Waals surface area contributed by atoms with E-state index < -0.39 is 11.5 Å². The molecule has 1 saturated carbocycles. The minimum Gasteiger partial charge on any atom is -0.459 e. The van der Waals surface area contributed by atoms with Crippen LogP contribution in [0.1, 0.15) is 36.0 Å². The van der Waals surface area contributed by atoms with Crippen LogP contribution in [0.25, 0.3) is 44.3 Å². The summed E-state index contributed by atoms with van der Waals surface area (Å²) in [5.74, 6) is -0.599. The van der Waals surface area contributed by atoms with Crippen molar-refractivity contribution in [1.29, 1.82) is 0 Å². The molecule has 5 aromatic rings. The summed E-state index contributed by atoms with van der Waals surface area (Å²) < 4.78 is 5.60. The first-order valence-corrected chi connectivity index (χ1v) is 12.3. The van der Waals surface area contributed by atoms with Gasteiger partial charge in [-0.2, -0.15) is 0 Å². The number of nitrogens with one attached hydrogen (secondary N) is 1. The van der Waals surface area contributed by atoms with Gasteiger partial charge in [0.15, 0.2) is 0 Å². The second-order valence-electron chi connectivity index (χ2n) is 9.05. The smallest absolute Gasteiger partial charge is 0.344 e. The van der Waals surface area contributed by atoms with Crippen molar-refractivity contribution in [2.45, 2.75) is 31.8 Å². The van der Waals surface area contributed by atoms with Gasteiger partial charge in [0.25, 0.3) is 5.56 Å². The fourth-order valence-corrected chi connectivity index (χ4v) is 5.12. The third kappa shape index (κ3) is 4.14. The zero-order valence-electron chi connectivity index (χ0n) is 19.3. The quantitative estimate of drug-likeness (QED) is 0.285. The first-order chi connectivity index (χ1) is 17.6. The molecule has 0 atom stereocenters. The minimum atomic E-state index is -0.599. The van der Waals surface area contributed by atoms with Crippen LogP contribution >= 0.6 is 11.6 Å². The molecule has 0 aliphatic heterocycles. The lowest BCUT2D eigenvalue weighted by Gasteiger charge is -2.14. The Hall–Kier alpha value is -4.03. The zero-order chi connectivity index (χ0) is 24.6. The lowest BCUT2D eigenvalue weighted by molar-refractivity contribution is 0.0316. The highest BCUT2D eigenvalue weighted by Gasteiger charge is 2.23. The summed E-state index contributed by atoms with van der Waals surface area (Å²) in [6.07, 6.45) is 5.32. The molecule has 0 amide bonds. The number of esters is 1. The largest absolute Gasteiger partial charge is 0.459 e. The van der Waals surface area contributed by atoms with Crippen LogP contribution in [-0.4, -0.2) is 27.0 Å². The standard InChI is InChI=1S/C29H22ClN3O3/c30-24-16-19(13-18-9-6-12-31-26(18)24)22-14-20-15-23(29(35)36-21-10-4-5-11-21)28(34)33-27(20)32-25(22)17-7-2-1-3-8-17/h1-3,6-9,12-16,21H,4-5,10-11H2,(H,32,33,34). The van der Waals surface area contributed by atoms with Crippen molar-refractivity contribution in [3.05, 3.63) is 93.9 Å². The molecule has 0 bridgehead atoms. The number of ether oxygens (including phenoxy) is 1. The van der Waals surface area contributed by atoms with Crippen molar-refractivity contribution in [2.24, 2.45) is 0 Å². The molecule has 0 radical (unpaired) electrons. The molecule has 0 spiro atoms. The van der Waals surface area contributed by atoms with Gasteiger partial charge < -0.3 is 9.72 Å². The molecule has 6 nitrogen and oxygen atoms in total. The van der Waals surface area contributed by atoms with Gasteiger partial charge in [0, 0.05) is 28.1 Å². The predicted molar refractivity (Wildman–Crippen MR) is 141 cm³/mol. The number of rotatable bonds is 4. The van der Waals surface area contributed by atoms with Gasteiger partial charge in [-0.1, -0.05) is 48.0 Å². The highest BCUT2D eigenvalue weighted by Crippen LogP contribution is 2.36. The van der Waals surface area contributed by atoms with E-state index in [1.807, 2.05) is 60.7 Å². The van der Waals surface area contributed by atoms with Gasteiger partial charge >= 0.3 is 5.97 Å². The van der Waals surface area contributed by atoms with Gasteiger partial charge in [-0.15, -0.1) is 0 Å². The molecule has 2 aromatic carbocycles. The summed E-state index contributed by atoms with van der Waals surface area (Å²) in [4.78, 5) is 37.6. The summed E-state index contributed by atoms with van der Waals surface area (Å²) in [6.45, 7) is 0. The Bertz CT molecular complexity index is 1680. The molecule has 0 unspecified atom stereocenters. The van der Waals surface area contributed by atoms with Crippen LogP contribution in [0.15, 0.2) is 77.7 Å². The fraction of sp³-hybridized carbons (Fsp3) is 0.172. The van der Waals surface area contributed by atoms with Crippen LogP contribution in [0.2, 0.25) is 5.02 Å². The van der Waals surface area contributed by atoms with Gasteiger partial charge in [0.05, 0.1) is 16.2 Å². The highest BCUT2D eigenvalue weighted by molar-refractivity contribution is 6.35. The molecule has 1 fully saturated rings. The van der Waals surface area contributed by atoms with Crippen LogP contribution in [0.5, 0.6) is 0 Å². The van der Waals surface area contributed by atoms with E-state index in [1.54, 1.807) is 12.3 Å². The third-order valence-electron chi connectivity index (χ3n) is 6.64. The number of hydrogen-bond donors (Lipinski definition) is 1. The molecular weight excluding hydrogens is 474 g/mol. The molecule has 1 N–H and O–H groups in total. The Morgan fingerprint density at radius 3 is 2.56 bits per heavy atom. The maximum Gasteiger partial charge on any atom is 0.344 e. The molecule has 7 heteroatoms. The maximum atomic E-state index is 12.8. The monoisotopic (exact) mass is 495 g/mol. The molecule has 1 aliphatic carbocycles. The van der Waals surface area contributed by atoms with Crippen molar-refractivity contribution < 1.29 is 9.53 Å². The molecule has 3 heterocycles. The molecule has 6 rings (SSSR count). The fourth-order valence-electron chi connectivity index (χ4n) is 4.85. The van der Waals surface area contributed by atoms with E-state index in [0.717, 1.165) is 53.3 Å². The van der Waals surface area contributed by atoms with E-state index in [9.17, 15) is 9.59 Å². The summed E-state index contributed by atoms with van der Waals surface area (Å²) in [5.41, 5.74) is 3.85. The van der Waals surface area contributed by atoms with Gasteiger partial charge in [-0.25, -0.2) is 9.78 Å². The Morgan fingerprint density at radius 2 is 1.75 bits per heavy atom. The third-order valence-corrected chi connectivity index (χ3v) is 6.93. The Labute approximate surface area is 211 Å². The summed E-state index contributed by atoms with van der Waals surface area (Å²) >= 11 is 6.61. The number of aromatic amines is 1. The SMILES string of the molecule is O=C(OC1CCCC1)c1cc2cc(-c3cc(Cl)c4ncccc4c3)c(-c3ccccc3)nc2[nH]c1=O. The zero-order valence-corrected chi connectivity index (χ0v) is 20.1. The first-order valence-electron chi connectivity index (χ1n) is 12.0. The van der Waals surface area contributed by atoms with E-state index in [4.69, 9.17) is 21.3 Å². The average Bonchev–Trinajstić information content (AvgIpc) is 3.41. The second kappa shape index (κ2) is 9.21. The van der Waals surface area contributed by atoms with Gasteiger partial charge in [-0.05, 0) is 61.6 Å². The number of hydrogen-bond acceptors (Lipinski definition) is 5. The van der Waals surface area contributed by atoms with E-state index in [0.29, 0.717) is 21.7 Å². The van der Waals surface area contributed by atoms with Crippen LogP contribution in [0, 0.1) is 0 Å². The Kier molecular flexibility index (Phi) is 5.74. The summed E-state index contributed by atoms with van der Waals surface area (Å²) in [6, 6.07) is 21.0. The van der Waals surface area contributed by atoms with Crippen LogP contribution in [0.4, 0.5) is 0 Å². The number of fused-ring (bicyclic) bond motifs is 2. The van der Waals surface area contributed by atoms with E-state index in [-0.39, 0.29) is 11.7 Å². The summed E-state index contributed by atoms with van der Waals surface area (Å²) in [5, 5.41) is 2.07. The molecule has 3 aromatic heterocycles. The average molecular weight is 496 g/mol. The van der Waals surface area contributed by atoms with Crippen LogP contribution in [0.3, 0.4) is 0 Å². The maximum absolute atomic E-state index is 12.8. The second-order valence-corrected chi connectivity index (χ2v) is 9.45.